The smallest absolute Gasteiger partial charge is 0.417 e. The van der Waals surface area contributed by atoms with Crippen molar-refractivity contribution in [3.05, 3.63) is 47.0 Å². The van der Waals surface area contributed by atoms with E-state index >= 15 is 0 Å². The summed E-state index contributed by atoms with van der Waals surface area (Å²) < 4.78 is 49.2. The summed E-state index contributed by atoms with van der Waals surface area (Å²) in [5.74, 6) is 0.763. The van der Waals surface area contributed by atoms with Crippen LogP contribution in [0.3, 0.4) is 0 Å². The Balaban J connectivity index is 1.68. The molecule has 1 atom stereocenters. The van der Waals surface area contributed by atoms with Crippen LogP contribution in [0.2, 0.25) is 5.02 Å². The number of carbonyl (C=O) groups excluding carboxylic acids is 1. The molecular weight excluding hydrogens is 391 g/mol. The van der Waals surface area contributed by atoms with E-state index in [1.54, 1.807) is 25.1 Å². The van der Waals surface area contributed by atoms with Crippen LogP contribution in [-0.4, -0.2) is 18.0 Å². The predicted molar refractivity (Wildman–Crippen MR) is 93.0 cm³/mol. The lowest BCUT2D eigenvalue weighted by atomic mass is 10.2. The molecule has 0 fully saturated rings. The lowest BCUT2D eigenvalue weighted by Crippen LogP contribution is -2.22. The molecule has 4 nitrogen and oxygen atoms in total. The molecule has 0 saturated carbocycles. The lowest BCUT2D eigenvalue weighted by molar-refractivity contribution is -0.137. The highest BCUT2D eigenvalue weighted by atomic mass is 35.5. The third kappa shape index (κ3) is 4.19. The first-order chi connectivity index (χ1) is 12.2. The Bertz CT molecular complexity index is 844. The number of carbonyl (C=O) groups is 1. The lowest BCUT2D eigenvalue weighted by Gasteiger charge is -2.14. The van der Waals surface area contributed by atoms with E-state index < -0.39 is 17.0 Å². The second kappa shape index (κ2) is 7.28. The first-order valence-corrected chi connectivity index (χ1v) is 8.74. The summed E-state index contributed by atoms with van der Waals surface area (Å²) in [5.41, 5.74) is -0.411. The summed E-state index contributed by atoms with van der Waals surface area (Å²) in [5, 5.41) is 1.71. The number of fused-ring (bicyclic) bond motifs is 1. The molecule has 1 heterocycles. The van der Waals surface area contributed by atoms with Crippen molar-refractivity contribution in [2.45, 2.75) is 23.2 Å². The van der Waals surface area contributed by atoms with Gasteiger partial charge in [-0.25, -0.2) is 0 Å². The zero-order valence-corrected chi connectivity index (χ0v) is 15.0. The molecule has 2 aromatic carbocycles. The highest BCUT2D eigenvalue weighted by Gasteiger charge is 2.33. The van der Waals surface area contributed by atoms with E-state index in [0.29, 0.717) is 22.1 Å². The Labute approximate surface area is 156 Å². The molecule has 1 N–H and O–H groups in total. The minimum atomic E-state index is -4.55. The van der Waals surface area contributed by atoms with E-state index in [1.807, 2.05) is 0 Å². The van der Waals surface area contributed by atoms with Gasteiger partial charge in [-0.2, -0.15) is 13.2 Å². The second-order valence-corrected chi connectivity index (χ2v) is 7.28. The normalized spacial score (nSPS) is 14.2. The quantitative estimate of drug-likeness (QED) is 0.712. The molecule has 0 aromatic heterocycles. The van der Waals surface area contributed by atoms with Gasteiger partial charge in [-0.1, -0.05) is 11.6 Å². The van der Waals surface area contributed by atoms with Crippen LogP contribution in [-0.2, 0) is 11.0 Å². The number of hydrogen-bond donors (Lipinski definition) is 1. The summed E-state index contributed by atoms with van der Waals surface area (Å²) in [6, 6.07) is 8.53. The van der Waals surface area contributed by atoms with Crippen LogP contribution >= 0.6 is 23.4 Å². The molecule has 1 aliphatic rings. The van der Waals surface area contributed by atoms with E-state index in [0.717, 1.165) is 17.8 Å². The molecule has 9 heteroatoms. The molecule has 26 heavy (non-hydrogen) atoms. The van der Waals surface area contributed by atoms with Crippen molar-refractivity contribution in [1.82, 2.24) is 0 Å². The van der Waals surface area contributed by atoms with Crippen molar-refractivity contribution in [2.24, 2.45) is 0 Å². The Kier molecular flexibility index (Phi) is 5.24. The first kappa shape index (κ1) is 18.7. The summed E-state index contributed by atoms with van der Waals surface area (Å²) in [7, 11) is 0. The van der Waals surface area contributed by atoms with Crippen molar-refractivity contribution in [2.75, 3.05) is 12.1 Å². The molecule has 0 radical (unpaired) electrons. The van der Waals surface area contributed by atoms with E-state index in [1.165, 1.54) is 12.1 Å². The summed E-state index contributed by atoms with van der Waals surface area (Å²) in [6.07, 6.45) is -4.55. The maximum absolute atomic E-state index is 12.9. The number of benzene rings is 2. The molecule has 0 aliphatic carbocycles. The van der Waals surface area contributed by atoms with Crippen molar-refractivity contribution in [3.63, 3.8) is 0 Å². The Morgan fingerprint density at radius 2 is 1.92 bits per heavy atom. The van der Waals surface area contributed by atoms with Crippen molar-refractivity contribution >= 4 is 35.0 Å². The van der Waals surface area contributed by atoms with Crippen LogP contribution in [0.15, 0.2) is 41.3 Å². The average molecular weight is 404 g/mol. The van der Waals surface area contributed by atoms with Gasteiger partial charge in [0.05, 0.1) is 15.8 Å². The number of amides is 1. The average Bonchev–Trinajstić information content (AvgIpc) is 3.03. The minimum absolute atomic E-state index is 0.122. The van der Waals surface area contributed by atoms with Crippen molar-refractivity contribution in [3.8, 4) is 11.5 Å². The van der Waals surface area contributed by atoms with Crippen LogP contribution in [0.1, 0.15) is 12.5 Å². The topological polar surface area (TPSA) is 47.6 Å². The molecule has 1 amide bonds. The molecule has 1 aliphatic heterocycles. The fraction of sp³-hybridized carbons (Fsp3) is 0.235. The monoisotopic (exact) mass is 403 g/mol. The highest BCUT2D eigenvalue weighted by molar-refractivity contribution is 8.00. The van der Waals surface area contributed by atoms with Crippen LogP contribution in [0.5, 0.6) is 11.5 Å². The van der Waals surface area contributed by atoms with Crippen LogP contribution in [0, 0.1) is 0 Å². The summed E-state index contributed by atoms with van der Waals surface area (Å²) in [6.45, 7) is 1.73. The number of nitrogens with one attached hydrogen (secondary N) is 1. The molecule has 1 unspecified atom stereocenters. The van der Waals surface area contributed by atoms with Gasteiger partial charge in [0.1, 0.15) is 0 Å². The maximum atomic E-state index is 12.9. The fourth-order valence-electron chi connectivity index (χ4n) is 2.27. The van der Waals surface area contributed by atoms with Gasteiger partial charge in [0.2, 0.25) is 12.7 Å². The van der Waals surface area contributed by atoms with Gasteiger partial charge in [0, 0.05) is 16.6 Å². The highest BCUT2D eigenvalue weighted by Crippen LogP contribution is 2.38. The van der Waals surface area contributed by atoms with Gasteiger partial charge in [0.15, 0.2) is 11.5 Å². The summed E-state index contributed by atoms with van der Waals surface area (Å²) >= 11 is 6.61. The van der Waals surface area contributed by atoms with Gasteiger partial charge in [-0.3, -0.25) is 4.79 Å². The van der Waals surface area contributed by atoms with E-state index in [-0.39, 0.29) is 17.7 Å². The van der Waals surface area contributed by atoms with E-state index in [4.69, 9.17) is 21.1 Å². The SMILES string of the molecule is CC(Sc1ccc(Cl)c(C(F)(F)F)c1)C(=O)Nc1ccc2c(c1)OCO2. The van der Waals surface area contributed by atoms with Crippen molar-refractivity contribution < 1.29 is 27.4 Å². The van der Waals surface area contributed by atoms with Gasteiger partial charge in [0.25, 0.3) is 0 Å². The Morgan fingerprint density at radius 3 is 2.65 bits per heavy atom. The summed E-state index contributed by atoms with van der Waals surface area (Å²) in [4.78, 5) is 12.6. The number of thioether (sulfide) groups is 1. The van der Waals surface area contributed by atoms with Gasteiger partial charge in [-0.05, 0) is 37.3 Å². The van der Waals surface area contributed by atoms with Crippen LogP contribution in [0.25, 0.3) is 0 Å². The minimum Gasteiger partial charge on any atom is -0.454 e. The largest absolute Gasteiger partial charge is 0.454 e. The molecular formula is C17H13ClF3NO3S. The molecule has 3 rings (SSSR count). The number of rotatable bonds is 4. The first-order valence-electron chi connectivity index (χ1n) is 7.48. The van der Waals surface area contributed by atoms with E-state index in [9.17, 15) is 18.0 Å². The molecule has 2 aromatic rings. The van der Waals surface area contributed by atoms with Gasteiger partial charge >= 0.3 is 6.18 Å². The van der Waals surface area contributed by atoms with Crippen LogP contribution in [0.4, 0.5) is 18.9 Å². The molecule has 0 spiro atoms. The fourth-order valence-corrected chi connectivity index (χ4v) is 3.40. The predicted octanol–water partition coefficient (Wildman–Crippen LogP) is 5.21. The number of alkyl halides is 3. The van der Waals surface area contributed by atoms with Crippen LogP contribution < -0.4 is 14.8 Å². The Hall–Kier alpha value is -2.06. The molecule has 138 valence electrons. The molecule has 0 bridgehead atoms. The zero-order chi connectivity index (χ0) is 18.9. The molecule has 0 saturated heterocycles. The van der Waals surface area contributed by atoms with Gasteiger partial charge in [-0.15, -0.1) is 11.8 Å². The third-order valence-corrected chi connectivity index (χ3v) is 4.99. The van der Waals surface area contributed by atoms with E-state index in [2.05, 4.69) is 5.32 Å². The maximum Gasteiger partial charge on any atom is 0.417 e. The number of ether oxygens (including phenoxy) is 2. The van der Waals surface area contributed by atoms with Gasteiger partial charge < -0.3 is 14.8 Å². The number of anilines is 1. The third-order valence-electron chi connectivity index (χ3n) is 3.57. The number of halogens is 4. The second-order valence-electron chi connectivity index (χ2n) is 5.46. The zero-order valence-electron chi connectivity index (χ0n) is 13.4. The standard InChI is InChI=1S/C17H13ClF3NO3S/c1-9(26-11-3-4-13(18)12(7-11)17(19,20)21)16(23)22-10-2-5-14-15(6-10)25-8-24-14/h2-7,9H,8H2,1H3,(H,22,23). The number of hydrogen-bond acceptors (Lipinski definition) is 4. The van der Waals surface area contributed by atoms with Crippen molar-refractivity contribution in [1.29, 1.82) is 0 Å². The Morgan fingerprint density at radius 1 is 1.19 bits per heavy atom.